The first-order chi connectivity index (χ1) is 13.5. The lowest BCUT2D eigenvalue weighted by Gasteiger charge is -2.39. The molecule has 1 aliphatic rings. The van der Waals surface area contributed by atoms with E-state index < -0.39 is 0 Å². The van der Waals surface area contributed by atoms with Gasteiger partial charge < -0.3 is 14.8 Å². The van der Waals surface area contributed by atoms with E-state index in [1.807, 2.05) is 48.7 Å². The minimum Gasteiger partial charge on any atom is -0.348 e. The normalized spacial score (nSPS) is 15.8. The van der Waals surface area contributed by atoms with Crippen LogP contribution in [0.2, 0.25) is 0 Å². The number of rotatable bonds is 3. The SMILES string of the molecule is O=[N+]([O-])c1cccc(C2c3cccn3CCN2C(=S)Nc2ccc(Br)cc2)c1. The Labute approximate surface area is 176 Å². The van der Waals surface area contributed by atoms with Crippen molar-refractivity contribution in [3.8, 4) is 0 Å². The molecule has 0 aliphatic carbocycles. The lowest BCUT2D eigenvalue weighted by atomic mass is 10.00. The first kappa shape index (κ1) is 18.6. The second-order valence-electron chi connectivity index (χ2n) is 6.51. The van der Waals surface area contributed by atoms with Gasteiger partial charge in [0.25, 0.3) is 5.69 Å². The number of hydrogen-bond donors (Lipinski definition) is 1. The van der Waals surface area contributed by atoms with E-state index in [1.165, 1.54) is 6.07 Å². The topological polar surface area (TPSA) is 63.3 Å². The highest BCUT2D eigenvalue weighted by atomic mass is 79.9. The van der Waals surface area contributed by atoms with Gasteiger partial charge >= 0.3 is 0 Å². The molecule has 0 saturated carbocycles. The van der Waals surface area contributed by atoms with Crippen LogP contribution >= 0.6 is 28.1 Å². The number of fused-ring (bicyclic) bond motifs is 1. The van der Waals surface area contributed by atoms with Crippen molar-refractivity contribution in [2.45, 2.75) is 12.6 Å². The highest BCUT2D eigenvalue weighted by molar-refractivity contribution is 9.10. The smallest absolute Gasteiger partial charge is 0.269 e. The van der Waals surface area contributed by atoms with Gasteiger partial charge in [-0.1, -0.05) is 28.1 Å². The highest BCUT2D eigenvalue weighted by Crippen LogP contribution is 2.34. The number of hydrogen-bond acceptors (Lipinski definition) is 3. The third-order valence-electron chi connectivity index (χ3n) is 4.79. The monoisotopic (exact) mass is 456 g/mol. The second kappa shape index (κ2) is 7.73. The number of thiocarbonyl (C=S) groups is 1. The molecule has 0 radical (unpaired) electrons. The minimum atomic E-state index is -0.367. The van der Waals surface area contributed by atoms with Gasteiger partial charge in [-0.2, -0.15) is 0 Å². The van der Waals surface area contributed by atoms with Gasteiger partial charge in [0.2, 0.25) is 0 Å². The zero-order valence-corrected chi connectivity index (χ0v) is 17.2. The molecule has 1 aromatic heterocycles. The summed E-state index contributed by atoms with van der Waals surface area (Å²) in [7, 11) is 0. The summed E-state index contributed by atoms with van der Waals surface area (Å²) in [6.45, 7) is 1.51. The second-order valence-corrected chi connectivity index (χ2v) is 7.81. The Morgan fingerprint density at radius 3 is 2.68 bits per heavy atom. The van der Waals surface area contributed by atoms with Gasteiger partial charge in [0.15, 0.2) is 5.11 Å². The fourth-order valence-corrected chi connectivity index (χ4v) is 4.07. The molecule has 6 nitrogen and oxygen atoms in total. The Hall–Kier alpha value is -2.71. The average molecular weight is 457 g/mol. The van der Waals surface area contributed by atoms with Crippen LogP contribution < -0.4 is 5.32 Å². The molecule has 0 spiro atoms. The number of anilines is 1. The average Bonchev–Trinajstić information content (AvgIpc) is 3.17. The summed E-state index contributed by atoms with van der Waals surface area (Å²) >= 11 is 9.14. The molecule has 1 N–H and O–H groups in total. The van der Waals surface area contributed by atoms with E-state index in [2.05, 4.69) is 30.7 Å². The van der Waals surface area contributed by atoms with Crippen molar-refractivity contribution in [3.05, 3.63) is 92.7 Å². The standard InChI is InChI=1S/C20H17BrN4O2S/c21-15-6-8-16(9-7-15)22-20(28)24-12-11-23-10-2-5-18(23)19(24)14-3-1-4-17(13-14)25(26)27/h1-10,13,19H,11-12H2,(H,22,28). The molecule has 0 amide bonds. The molecule has 142 valence electrons. The van der Waals surface area contributed by atoms with Crippen molar-refractivity contribution < 1.29 is 4.92 Å². The van der Waals surface area contributed by atoms with Crippen molar-refractivity contribution in [2.24, 2.45) is 0 Å². The van der Waals surface area contributed by atoms with E-state index in [1.54, 1.807) is 12.1 Å². The predicted octanol–water partition coefficient (Wildman–Crippen LogP) is 4.96. The predicted molar refractivity (Wildman–Crippen MR) is 116 cm³/mol. The third kappa shape index (κ3) is 3.65. The summed E-state index contributed by atoms with van der Waals surface area (Å²) in [4.78, 5) is 13.0. The number of halogens is 1. The van der Waals surface area contributed by atoms with Crippen molar-refractivity contribution in [3.63, 3.8) is 0 Å². The largest absolute Gasteiger partial charge is 0.348 e. The van der Waals surface area contributed by atoms with Crippen LogP contribution in [0.1, 0.15) is 17.3 Å². The summed E-state index contributed by atoms with van der Waals surface area (Å²) in [6, 6.07) is 18.4. The Balaban J connectivity index is 1.69. The molecule has 1 unspecified atom stereocenters. The molecule has 0 bridgehead atoms. The van der Waals surface area contributed by atoms with E-state index in [0.29, 0.717) is 11.7 Å². The minimum absolute atomic E-state index is 0.0768. The number of aromatic nitrogens is 1. The molecule has 0 fully saturated rings. The van der Waals surface area contributed by atoms with Gasteiger partial charge in [0, 0.05) is 47.3 Å². The molecular weight excluding hydrogens is 440 g/mol. The van der Waals surface area contributed by atoms with Crippen LogP contribution in [0.4, 0.5) is 11.4 Å². The van der Waals surface area contributed by atoms with E-state index in [9.17, 15) is 10.1 Å². The summed E-state index contributed by atoms with van der Waals surface area (Å²) < 4.78 is 3.16. The first-order valence-electron chi connectivity index (χ1n) is 8.75. The molecule has 8 heteroatoms. The van der Waals surface area contributed by atoms with Crippen molar-refractivity contribution >= 4 is 44.6 Å². The number of nitrogens with zero attached hydrogens (tertiary/aromatic N) is 3. The molecule has 2 aromatic carbocycles. The number of benzene rings is 2. The van der Waals surface area contributed by atoms with Crippen LogP contribution in [0.3, 0.4) is 0 Å². The molecule has 4 rings (SSSR count). The van der Waals surface area contributed by atoms with Gasteiger partial charge in [-0.25, -0.2) is 0 Å². The Kier molecular flexibility index (Phi) is 5.15. The summed E-state index contributed by atoms with van der Waals surface area (Å²) in [5, 5.41) is 15.1. The maximum atomic E-state index is 11.3. The van der Waals surface area contributed by atoms with Crippen LogP contribution in [-0.4, -0.2) is 26.0 Å². The Morgan fingerprint density at radius 2 is 1.93 bits per heavy atom. The van der Waals surface area contributed by atoms with Crippen LogP contribution in [0.5, 0.6) is 0 Å². The van der Waals surface area contributed by atoms with Gasteiger partial charge in [0.05, 0.1) is 11.0 Å². The van der Waals surface area contributed by atoms with E-state index in [-0.39, 0.29) is 16.7 Å². The summed E-state index contributed by atoms with van der Waals surface area (Å²) in [5.74, 6) is 0. The van der Waals surface area contributed by atoms with Crippen molar-refractivity contribution in [1.82, 2.24) is 9.47 Å². The zero-order chi connectivity index (χ0) is 19.7. The molecule has 3 aromatic rings. The Bertz CT molecular complexity index is 1030. The van der Waals surface area contributed by atoms with Crippen LogP contribution in [0.15, 0.2) is 71.3 Å². The lowest BCUT2D eigenvalue weighted by Crippen LogP contribution is -2.44. The van der Waals surface area contributed by atoms with Crippen molar-refractivity contribution in [1.29, 1.82) is 0 Å². The fraction of sp³-hybridized carbons (Fsp3) is 0.150. The van der Waals surface area contributed by atoms with E-state index in [0.717, 1.165) is 28.0 Å². The summed E-state index contributed by atoms with van der Waals surface area (Å²) in [5.41, 5.74) is 2.88. The number of nitro groups is 1. The lowest BCUT2D eigenvalue weighted by molar-refractivity contribution is -0.384. The zero-order valence-electron chi connectivity index (χ0n) is 14.8. The van der Waals surface area contributed by atoms with E-state index in [4.69, 9.17) is 12.2 Å². The van der Waals surface area contributed by atoms with Crippen LogP contribution in [-0.2, 0) is 6.54 Å². The van der Waals surface area contributed by atoms with Crippen LogP contribution in [0, 0.1) is 10.1 Å². The molecule has 1 aliphatic heterocycles. The Morgan fingerprint density at radius 1 is 1.14 bits per heavy atom. The number of non-ortho nitro benzene ring substituents is 1. The molecule has 0 saturated heterocycles. The van der Waals surface area contributed by atoms with Gasteiger partial charge in [-0.15, -0.1) is 0 Å². The van der Waals surface area contributed by atoms with Gasteiger partial charge in [-0.3, -0.25) is 10.1 Å². The van der Waals surface area contributed by atoms with Crippen molar-refractivity contribution in [2.75, 3.05) is 11.9 Å². The van der Waals surface area contributed by atoms with Gasteiger partial charge in [0.1, 0.15) is 0 Å². The van der Waals surface area contributed by atoms with E-state index >= 15 is 0 Å². The van der Waals surface area contributed by atoms with Crippen LogP contribution in [0.25, 0.3) is 0 Å². The maximum absolute atomic E-state index is 11.3. The molecule has 28 heavy (non-hydrogen) atoms. The maximum Gasteiger partial charge on any atom is 0.269 e. The first-order valence-corrected chi connectivity index (χ1v) is 9.95. The fourth-order valence-electron chi connectivity index (χ4n) is 3.49. The molecule has 2 heterocycles. The summed E-state index contributed by atoms with van der Waals surface area (Å²) in [6.07, 6.45) is 2.03. The molecule has 1 atom stereocenters. The highest BCUT2D eigenvalue weighted by Gasteiger charge is 2.31. The molecular formula is C20H17BrN4O2S. The third-order valence-corrected chi connectivity index (χ3v) is 5.66. The number of nitrogens with one attached hydrogen (secondary N) is 1. The quantitative estimate of drug-likeness (QED) is 0.342. The van der Waals surface area contributed by atoms with Gasteiger partial charge in [-0.05, 0) is 54.2 Å². The number of nitro benzene ring substituents is 1.